The van der Waals surface area contributed by atoms with Gasteiger partial charge >= 0.3 is 0 Å². The molecule has 0 N–H and O–H groups in total. The van der Waals surface area contributed by atoms with Crippen LogP contribution >= 0.6 is 23.2 Å². The Kier molecular flexibility index (Phi) is 3.08. The van der Waals surface area contributed by atoms with E-state index in [0.717, 1.165) is 0 Å². The molecule has 6 heteroatoms. The van der Waals surface area contributed by atoms with Crippen molar-refractivity contribution in [1.29, 1.82) is 0 Å². The highest BCUT2D eigenvalue weighted by Gasteiger charge is 2.24. The van der Waals surface area contributed by atoms with Crippen molar-refractivity contribution < 1.29 is 9.72 Å². The number of nitrogens with zero attached hydrogens (tertiary/aromatic N) is 1. The van der Waals surface area contributed by atoms with Crippen molar-refractivity contribution in [3.05, 3.63) is 38.4 Å². The van der Waals surface area contributed by atoms with Gasteiger partial charge in [-0.2, -0.15) is 0 Å². The molecule has 1 aromatic carbocycles. The van der Waals surface area contributed by atoms with Crippen LogP contribution in [0.5, 0.6) is 0 Å². The Balaban J connectivity index is 3.58. The van der Waals surface area contributed by atoms with Gasteiger partial charge in [0.25, 0.3) is 10.9 Å². The van der Waals surface area contributed by atoms with E-state index in [0.29, 0.717) is 5.56 Å². The Bertz CT molecular complexity index is 378. The van der Waals surface area contributed by atoms with Crippen molar-refractivity contribution in [3.63, 3.8) is 0 Å². The first-order valence-electron chi connectivity index (χ1n) is 3.58. The van der Waals surface area contributed by atoms with E-state index in [1.165, 1.54) is 19.1 Å². The van der Waals surface area contributed by atoms with Gasteiger partial charge in [-0.1, -0.05) is 17.7 Å². The van der Waals surface area contributed by atoms with E-state index in [9.17, 15) is 14.9 Å². The van der Waals surface area contributed by atoms with E-state index in [1.54, 1.807) is 0 Å². The number of carbonyl (C=O) groups excluding carboxylic acids is 1. The average molecular weight is 234 g/mol. The normalized spacial score (nSPS) is 9.93. The lowest BCUT2D eigenvalue weighted by Gasteiger charge is -2.02. The van der Waals surface area contributed by atoms with Crippen LogP contribution in [-0.4, -0.2) is 10.2 Å². The van der Waals surface area contributed by atoms with Crippen molar-refractivity contribution in [2.75, 3.05) is 0 Å². The number of hydrogen-bond acceptors (Lipinski definition) is 3. The minimum atomic E-state index is -0.926. The Morgan fingerprint density at radius 3 is 2.43 bits per heavy atom. The summed E-state index contributed by atoms with van der Waals surface area (Å²) in [5.41, 5.74) is -0.237. The van der Waals surface area contributed by atoms with Crippen molar-refractivity contribution in [3.8, 4) is 0 Å². The summed E-state index contributed by atoms with van der Waals surface area (Å²) in [5, 5.41) is 9.70. The molecule has 1 aromatic rings. The Hall–Kier alpha value is -1.13. The monoisotopic (exact) mass is 233 g/mol. The van der Waals surface area contributed by atoms with Gasteiger partial charge in [0.05, 0.1) is 9.95 Å². The summed E-state index contributed by atoms with van der Waals surface area (Å²) in [6.07, 6.45) is 0. The molecular formula is C8H5Cl2NO3. The van der Waals surface area contributed by atoms with Crippen LogP contribution in [-0.2, 0) is 0 Å². The third-order valence-electron chi connectivity index (χ3n) is 1.71. The molecule has 0 aliphatic rings. The van der Waals surface area contributed by atoms with Gasteiger partial charge in [0.2, 0.25) is 0 Å². The molecule has 0 saturated heterocycles. The molecule has 0 aromatic heterocycles. The number of benzene rings is 1. The lowest BCUT2D eigenvalue weighted by atomic mass is 10.1. The standard InChI is InChI=1S/C8H5Cl2NO3/c1-4-2-3-5(9)6(8(10)12)7(4)11(13)14/h2-3H,1H3. The molecule has 74 valence electrons. The van der Waals surface area contributed by atoms with Crippen LogP contribution in [0.25, 0.3) is 0 Å². The molecule has 4 nitrogen and oxygen atoms in total. The molecule has 0 unspecified atom stereocenters. The fraction of sp³-hybridized carbons (Fsp3) is 0.125. The van der Waals surface area contributed by atoms with Gasteiger partial charge in [0.1, 0.15) is 5.56 Å². The number of nitro benzene ring substituents is 1. The van der Waals surface area contributed by atoms with Crippen LogP contribution in [0.15, 0.2) is 12.1 Å². The highest BCUT2D eigenvalue weighted by Crippen LogP contribution is 2.30. The molecule has 0 aliphatic carbocycles. The minimum Gasteiger partial charge on any atom is -0.275 e. The van der Waals surface area contributed by atoms with E-state index in [2.05, 4.69) is 0 Å². The number of aryl methyl sites for hydroxylation is 1. The molecule has 0 bridgehead atoms. The fourth-order valence-corrected chi connectivity index (χ4v) is 1.57. The zero-order valence-electron chi connectivity index (χ0n) is 7.08. The smallest absolute Gasteiger partial charge is 0.275 e. The van der Waals surface area contributed by atoms with E-state index in [1.807, 2.05) is 0 Å². The summed E-state index contributed by atoms with van der Waals surface area (Å²) in [4.78, 5) is 20.9. The van der Waals surface area contributed by atoms with Crippen LogP contribution < -0.4 is 0 Å². The van der Waals surface area contributed by atoms with Gasteiger partial charge < -0.3 is 0 Å². The maximum absolute atomic E-state index is 10.9. The molecule has 0 radical (unpaired) electrons. The highest BCUT2D eigenvalue weighted by atomic mass is 35.5. The van der Waals surface area contributed by atoms with Gasteiger partial charge in [-0.05, 0) is 24.6 Å². The van der Waals surface area contributed by atoms with E-state index >= 15 is 0 Å². The predicted molar refractivity (Wildman–Crippen MR) is 53.0 cm³/mol. The zero-order chi connectivity index (χ0) is 10.9. The number of rotatable bonds is 2. The van der Waals surface area contributed by atoms with Crippen LogP contribution in [0.3, 0.4) is 0 Å². The summed E-state index contributed by atoms with van der Waals surface area (Å²) in [5.74, 6) is 0. The largest absolute Gasteiger partial charge is 0.285 e. The zero-order valence-corrected chi connectivity index (χ0v) is 8.59. The summed E-state index contributed by atoms with van der Waals surface area (Å²) in [6.45, 7) is 1.51. The summed E-state index contributed by atoms with van der Waals surface area (Å²) >= 11 is 10.8. The lowest BCUT2D eigenvalue weighted by molar-refractivity contribution is -0.385. The number of nitro groups is 1. The van der Waals surface area contributed by atoms with Crippen molar-refractivity contribution in [2.45, 2.75) is 6.92 Å². The van der Waals surface area contributed by atoms with E-state index in [4.69, 9.17) is 23.2 Å². The third-order valence-corrected chi connectivity index (χ3v) is 2.21. The van der Waals surface area contributed by atoms with Crippen LogP contribution in [0.2, 0.25) is 5.02 Å². The molecular weight excluding hydrogens is 229 g/mol. The Morgan fingerprint density at radius 2 is 2.07 bits per heavy atom. The first-order valence-corrected chi connectivity index (χ1v) is 4.34. The van der Waals surface area contributed by atoms with Crippen LogP contribution in [0, 0.1) is 17.0 Å². The number of carbonyl (C=O) groups is 1. The second kappa shape index (κ2) is 3.94. The highest BCUT2D eigenvalue weighted by molar-refractivity contribution is 6.69. The molecule has 0 saturated carbocycles. The molecule has 0 atom stereocenters. The maximum atomic E-state index is 10.9. The molecule has 1 rings (SSSR count). The number of hydrogen-bond donors (Lipinski definition) is 0. The number of halogens is 2. The molecule has 0 fully saturated rings. The lowest BCUT2D eigenvalue weighted by Crippen LogP contribution is -2.01. The minimum absolute atomic E-state index is 0.0118. The quantitative estimate of drug-likeness (QED) is 0.449. The van der Waals surface area contributed by atoms with Crippen LogP contribution in [0.4, 0.5) is 5.69 Å². The molecule has 0 aliphatic heterocycles. The van der Waals surface area contributed by atoms with Crippen molar-refractivity contribution in [1.82, 2.24) is 0 Å². The van der Waals surface area contributed by atoms with Gasteiger partial charge in [-0.25, -0.2) is 0 Å². The Morgan fingerprint density at radius 1 is 1.50 bits per heavy atom. The van der Waals surface area contributed by atoms with Crippen LogP contribution in [0.1, 0.15) is 15.9 Å². The Labute approximate surface area is 89.6 Å². The van der Waals surface area contributed by atoms with E-state index in [-0.39, 0.29) is 16.3 Å². The topological polar surface area (TPSA) is 60.2 Å². The van der Waals surface area contributed by atoms with Gasteiger partial charge in [-0.3, -0.25) is 14.9 Å². The first-order chi connectivity index (χ1) is 6.45. The summed E-state index contributed by atoms with van der Waals surface area (Å²) < 4.78 is 0. The van der Waals surface area contributed by atoms with Gasteiger partial charge in [-0.15, -0.1) is 0 Å². The van der Waals surface area contributed by atoms with E-state index < -0.39 is 10.2 Å². The molecule has 0 amide bonds. The average Bonchev–Trinajstić information content (AvgIpc) is 2.07. The first kappa shape index (κ1) is 10.9. The molecule has 14 heavy (non-hydrogen) atoms. The second-order valence-electron chi connectivity index (χ2n) is 2.62. The summed E-state index contributed by atoms with van der Waals surface area (Å²) in [7, 11) is 0. The van der Waals surface area contributed by atoms with Gasteiger partial charge in [0, 0.05) is 5.56 Å². The SMILES string of the molecule is Cc1ccc(Cl)c(C(=O)Cl)c1[N+](=O)[O-]. The third kappa shape index (κ3) is 1.86. The predicted octanol–water partition coefficient (Wildman–Crippen LogP) is 2.94. The van der Waals surface area contributed by atoms with Gasteiger partial charge in [0.15, 0.2) is 0 Å². The fourth-order valence-electron chi connectivity index (χ4n) is 1.09. The second-order valence-corrected chi connectivity index (χ2v) is 3.37. The van der Waals surface area contributed by atoms with Crippen molar-refractivity contribution >= 4 is 34.1 Å². The molecule has 0 spiro atoms. The van der Waals surface area contributed by atoms with Crippen molar-refractivity contribution in [2.24, 2.45) is 0 Å². The maximum Gasteiger partial charge on any atom is 0.285 e. The molecule has 0 heterocycles. The summed E-state index contributed by atoms with van der Waals surface area (Å²) in [6, 6.07) is 2.86.